The number of pyridine rings is 1. The molecule has 1 fully saturated rings. The smallest absolute Gasteiger partial charge is 0.272 e. The quantitative estimate of drug-likeness (QED) is 0.406. The van der Waals surface area contributed by atoms with Gasteiger partial charge in [0, 0.05) is 49.2 Å². The average molecular weight is 464 g/mol. The van der Waals surface area contributed by atoms with Gasteiger partial charge < -0.3 is 9.80 Å². The van der Waals surface area contributed by atoms with E-state index in [-0.39, 0.29) is 5.91 Å². The Kier molecular flexibility index (Phi) is 5.33. The third-order valence-electron chi connectivity index (χ3n) is 6.61. The fourth-order valence-electron chi connectivity index (χ4n) is 4.77. The lowest BCUT2D eigenvalue weighted by molar-refractivity contribution is 0.0741. The molecule has 0 saturated carbocycles. The van der Waals surface area contributed by atoms with Crippen LogP contribution in [0.3, 0.4) is 0 Å². The van der Waals surface area contributed by atoms with E-state index in [1.165, 1.54) is 5.56 Å². The molecule has 6 rings (SSSR count). The standard InChI is InChI=1S/C27H25N7O/c1-19-22(17-20-7-3-2-4-8-20)25(34-27(30-19)28-18-29-34)32-13-15-33(16-14-32)26(35)24-12-11-21-9-5-6-10-23(21)31-24/h2-12,18H,13-17H2,1H3. The normalized spacial score (nSPS) is 14.1. The Morgan fingerprint density at radius 2 is 1.66 bits per heavy atom. The summed E-state index contributed by atoms with van der Waals surface area (Å²) in [4.78, 5) is 31.0. The first kappa shape index (κ1) is 21.2. The van der Waals surface area contributed by atoms with Gasteiger partial charge in [0.05, 0.1) is 5.52 Å². The third-order valence-corrected chi connectivity index (χ3v) is 6.61. The van der Waals surface area contributed by atoms with Crippen molar-refractivity contribution < 1.29 is 4.79 Å². The van der Waals surface area contributed by atoms with Crippen LogP contribution in [-0.2, 0) is 6.42 Å². The summed E-state index contributed by atoms with van der Waals surface area (Å²) in [7, 11) is 0. The van der Waals surface area contributed by atoms with E-state index in [4.69, 9.17) is 0 Å². The number of fused-ring (bicyclic) bond motifs is 2. The summed E-state index contributed by atoms with van der Waals surface area (Å²) >= 11 is 0. The zero-order chi connectivity index (χ0) is 23.8. The minimum Gasteiger partial charge on any atom is -0.353 e. The fourth-order valence-corrected chi connectivity index (χ4v) is 4.77. The molecule has 1 aliphatic heterocycles. The summed E-state index contributed by atoms with van der Waals surface area (Å²) in [5.74, 6) is 1.56. The van der Waals surface area contributed by atoms with Crippen molar-refractivity contribution in [1.82, 2.24) is 29.5 Å². The number of amides is 1. The number of aryl methyl sites for hydroxylation is 1. The van der Waals surface area contributed by atoms with Crippen LogP contribution in [0.1, 0.15) is 27.3 Å². The number of carbonyl (C=O) groups is 1. The van der Waals surface area contributed by atoms with E-state index in [1.54, 1.807) is 6.33 Å². The lowest BCUT2D eigenvalue weighted by Crippen LogP contribution is -2.49. The molecule has 0 spiro atoms. The van der Waals surface area contributed by atoms with Gasteiger partial charge in [0.1, 0.15) is 17.8 Å². The van der Waals surface area contributed by atoms with E-state index in [0.717, 1.165) is 34.4 Å². The van der Waals surface area contributed by atoms with Crippen molar-refractivity contribution >= 4 is 28.4 Å². The van der Waals surface area contributed by atoms with Crippen LogP contribution in [0.2, 0.25) is 0 Å². The van der Waals surface area contributed by atoms with Gasteiger partial charge in [-0.1, -0.05) is 54.6 Å². The monoisotopic (exact) mass is 463 g/mol. The molecule has 1 aliphatic rings. The Morgan fingerprint density at radius 3 is 2.49 bits per heavy atom. The maximum Gasteiger partial charge on any atom is 0.272 e. The Labute approximate surface area is 202 Å². The number of rotatable bonds is 4. The first-order valence-electron chi connectivity index (χ1n) is 11.8. The van der Waals surface area contributed by atoms with Crippen LogP contribution in [0.4, 0.5) is 5.82 Å². The second kappa shape index (κ2) is 8.79. The highest BCUT2D eigenvalue weighted by atomic mass is 16.2. The molecule has 174 valence electrons. The Hall–Kier alpha value is -4.33. The highest BCUT2D eigenvalue weighted by molar-refractivity contribution is 5.95. The van der Waals surface area contributed by atoms with Gasteiger partial charge in [-0.2, -0.15) is 14.6 Å². The fraction of sp³-hybridized carbons (Fsp3) is 0.222. The Morgan fingerprint density at radius 1 is 0.886 bits per heavy atom. The number of carbonyl (C=O) groups excluding carboxylic acids is 1. The Balaban J connectivity index is 1.27. The van der Waals surface area contributed by atoms with Crippen LogP contribution in [-0.4, -0.2) is 61.6 Å². The minimum absolute atomic E-state index is 0.0308. The van der Waals surface area contributed by atoms with Crippen molar-refractivity contribution in [3.05, 3.63) is 95.6 Å². The predicted molar refractivity (Wildman–Crippen MR) is 135 cm³/mol. The Bertz CT molecular complexity index is 1520. The first-order chi connectivity index (χ1) is 17.2. The van der Waals surface area contributed by atoms with Crippen molar-refractivity contribution in [3.63, 3.8) is 0 Å². The highest BCUT2D eigenvalue weighted by Gasteiger charge is 2.27. The van der Waals surface area contributed by atoms with Crippen LogP contribution in [0, 0.1) is 6.92 Å². The van der Waals surface area contributed by atoms with Gasteiger partial charge in [-0.15, -0.1) is 0 Å². The van der Waals surface area contributed by atoms with Crippen LogP contribution in [0.15, 0.2) is 73.1 Å². The topological polar surface area (TPSA) is 79.5 Å². The van der Waals surface area contributed by atoms with E-state index in [1.807, 2.05) is 58.8 Å². The van der Waals surface area contributed by atoms with Crippen LogP contribution >= 0.6 is 0 Å². The zero-order valence-electron chi connectivity index (χ0n) is 19.5. The van der Waals surface area contributed by atoms with Gasteiger partial charge in [0.2, 0.25) is 0 Å². The van der Waals surface area contributed by atoms with E-state index in [0.29, 0.717) is 37.7 Å². The molecule has 3 aromatic heterocycles. The number of hydrogen-bond donors (Lipinski definition) is 0. The van der Waals surface area contributed by atoms with E-state index in [9.17, 15) is 4.79 Å². The zero-order valence-corrected chi connectivity index (χ0v) is 19.5. The van der Waals surface area contributed by atoms with Crippen molar-refractivity contribution in [1.29, 1.82) is 0 Å². The molecule has 4 heterocycles. The molecule has 2 aromatic carbocycles. The molecule has 8 heteroatoms. The lowest BCUT2D eigenvalue weighted by atomic mass is 10.0. The van der Waals surface area contributed by atoms with Crippen LogP contribution in [0.25, 0.3) is 16.7 Å². The summed E-state index contributed by atoms with van der Waals surface area (Å²) in [6.07, 6.45) is 2.30. The molecule has 0 aliphatic carbocycles. The average Bonchev–Trinajstić information content (AvgIpc) is 3.37. The van der Waals surface area contributed by atoms with Crippen LogP contribution < -0.4 is 4.90 Å². The summed E-state index contributed by atoms with van der Waals surface area (Å²) in [6, 6.07) is 22.0. The first-order valence-corrected chi connectivity index (χ1v) is 11.8. The summed E-state index contributed by atoms with van der Waals surface area (Å²) in [6.45, 7) is 4.63. The molecule has 8 nitrogen and oxygen atoms in total. The van der Waals surface area contributed by atoms with E-state index >= 15 is 0 Å². The molecular weight excluding hydrogens is 438 g/mol. The van der Waals surface area contributed by atoms with Crippen molar-refractivity contribution in [3.8, 4) is 0 Å². The summed E-state index contributed by atoms with van der Waals surface area (Å²) in [5.41, 5.74) is 4.62. The molecule has 5 aromatic rings. The van der Waals surface area contributed by atoms with E-state index in [2.05, 4.69) is 49.2 Å². The van der Waals surface area contributed by atoms with Gasteiger partial charge in [-0.25, -0.2) is 9.97 Å². The number of benzene rings is 2. The molecule has 0 unspecified atom stereocenters. The predicted octanol–water partition coefficient (Wildman–Crippen LogP) is 3.53. The van der Waals surface area contributed by atoms with Crippen molar-refractivity contribution in [2.45, 2.75) is 13.3 Å². The second-order valence-corrected chi connectivity index (χ2v) is 8.80. The number of para-hydroxylation sites is 1. The molecular formula is C27H25N7O. The molecule has 0 radical (unpaired) electrons. The molecule has 35 heavy (non-hydrogen) atoms. The highest BCUT2D eigenvalue weighted by Crippen LogP contribution is 2.27. The number of piperazine rings is 1. The largest absolute Gasteiger partial charge is 0.353 e. The number of aromatic nitrogens is 5. The van der Waals surface area contributed by atoms with Gasteiger partial charge in [-0.05, 0) is 24.6 Å². The second-order valence-electron chi connectivity index (χ2n) is 8.80. The molecule has 1 saturated heterocycles. The summed E-state index contributed by atoms with van der Waals surface area (Å²) < 4.78 is 1.83. The van der Waals surface area contributed by atoms with Gasteiger partial charge in [0.25, 0.3) is 11.7 Å². The van der Waals surface area contributed by atoms with Crippen molar-refractivity contribution in [2.75, 3.05) is 31.1 Å². The van der Waals surface area contributed by atoms with Crippen molar-refractivity contribution in [2.24, 2.45) is 0 Å². The molecule has 0 N–H and O–H groups in total. The summed E-state index contributed by atoms with van der Waals surface area (Å²) in [5, 5.41) is 5.51. The maximum atomic E-state index is 13.2. The molecule has 1 amide bonds. The lowest BCUT2D eigenvalue weighted by Gasteiger charge is -2.37. The number of hydrogen-bond acceptors (Lipinski definition) is 6. The van der Waals surface area contributed by atoms with Crippen LogP contribution in [0.5, 0.6) is 0 Å². The number of anilines is 1. The minimum atomic E-state index is -0.0308. The van der Waals surface area contributed by atoms with Gasteiger partial charge in [-0.3, -0.25) is 4.79 Å². The maximum absolute atomic E-state index is 13.2. The molecule has 0 atom stereocenters. The molecule has 0 bridgehead atoms. The SMILES string of the molecule is Cc1nc2ncnn2c(N2CCN(C(=O)c3ccc4ccccc4n3)CC2)c1Cc1ccccc1. The van der Waals surface area contributed by atoms with Gasteiger partial charge >= 0.3 is 0 Å². The van der Waals surface area contributed by atoms with E-state index < -0.39 is 0 Å². The van der Waals surface area contributed by atoms with Gasteiger partial charge in [0.15, 0.2) is 0 Å². The number of nitrogens with zero attached hydrogens (tertiary/aromatic N) is 7. The third kappa shape index (κ3) is 3.97.